The second-order valence-corrected chi connectivity index (χ2v) is 9.19. The van der Waals surface area contributed by atoms with Gasteiger partial charge in [-0.25, -0.2) is 4.79 Å². The van der Waals surface area contributed by atoms with Gasteiger partial charge in [-0.05, 0) is 22.5 Å². The second-order valence-electron chi connectivity index (χ2n) is 8.24. The topological polar surface area (TPSA) is 43.4 Å². The summed E-state index contributed by atoms with van der Waals surface area (Å²) in [7, 11) is 0. The molecular weight excluding hydrogens is 320 g/mol. The van der Waals surface area contributed by atoms with Crippen LogP contribution in [0.2, 0.25) is 0 Å². The standard InChI is InChI=1S/C20H28O3S/c1-19(2,3)13-23-17(21)16(12-15-10-8-7-9-11-15)18(22)24-14-20(4,5)6/h7-12H,13-14H2,1-6H3/b16-12-. The third-order valence-corrected chi connectivity index (χ3v) is 4.32. The molecule has 0 aromatic heterocycles. The van der Waals surface area contributed by atoms with Gasteiger partial charge in [-0.1, -0.05) is 83.6 Å². The predicted octanol–water partition coefficient (Wildman–Crippen LogP) is 4.97. The van der Waals surface area contributed by atoms with E-state index in [1.807, 2.05) is 51.1 Å². The monoisotopic (exact) mass is 348 g/mol. The summed E-state index contributed by atoms with van der Waals surface area (Å²) in [4.78, 5) is 25.0. The lowest BCUT2D eigenvalue weighted by molar-refractivity contribution is -0.142. The molecule has 4 heteroatoms. The Bertz CT molecular complexity index is 558. The van der Waals surface area contributed by atoms with Crippen molar-refractivity contribution in [1.82, 2.24) is 0 Å². The smallest absolute Gasteiger partial charge is 0.342 e. The maximum absolute atomic E-state index is 12.6. The number of hydrogen-bond acceptors (Lipinski definition) is 4. The Labute approximate surface area is 149 Å². The molecule has 1 aromatic carbocycles. The van der Waals surface area contributed by atoms with Crippen LogP contribution in [0.15, 0.2) is 35.9 Å². The first kappa shape index (κ1) is 20.5. The van der Waals surface area contributed by atoms with E-state index in [0.717, 1.165) is 17.3 Å². The van der Waals surface area contributed by atoms with Gasteiger partial charge >= 0.3 is 5.97 Å². The molecular formula is C20H28O3S. The number of esters is 1. The van der Waals surface area contributed by atoms with Crippen LogP contribution in [0.25, 0.3) is 6.08 Å². The highest BCUT2D eigenvalue weighted by molar-refractivity contribution is 8.14. The average molecular weight is 349 g/mol. The van der Waals surface area contributed by atoms with Gasteiger partial charge in [-0.15, -0.1) is 0 Å². The zero-order valence-corrected chi connectivity index (χ0v) is 16.3. The Morgan fingerprint density at radius 1 is 1.00 bits per heavy atom. The first-order valence-electron chi connectivity index (χ1n) is 8.09. The molecule has 3 nitrogen and oxygen atoms in total. The molecule has 0 bridgehead atoms. The van der Waals surface area contributed by atoms with Gasteiger partial charge in [0.2, 0.25) is 5.12 Å². The Kier molecular flexibility index (Phi) is 7.27. The van der Waals surface area contributed by atoms with Crippen molar-refractivity contribution in [2.75, 3.05) is 12.4 Å². The normalized spacial score (nSPS) is 12.8. The van der Waals surface area contributed by atoms with Gasteiger partial charge in [0, 0.05) is 5.75 Å². The Hall–Kier alpha value is -1.55. The van der Waals surface area contributed by atoms with Crippen molar-refractivity contribution >= 4 is 28.9 Å². The van der Waals surface area contributed by atoms with Gasteiger partial charge in [0.15, 0.2) is 0 Å². The summed E-state index contributed by atoms with van der Waals surface area (Å²) < 4.78 is 5.35. The van der Waals surface area contributed by atoms with Crippen LogP contribution < -0.4 is 0 Å². The molecule has 0 unspecified atom stereocenters. The van der Waals surface area contributed by atoms with E-state index in [-0.39, 0.29) is 28.1 Å². The molecule has 0 aliphatic heterocycles. The Morgan fingerprint density at radius 2 is 1.58 bits per heavy atom. The summed E-state index contributed by atoms with van der Waals surface area (Å²) in [6.45, 7) is 12.4. The van der Waals surface area contributed by atoms with Crippen molar-refractivity contribution in [2.45, 2.75) is 41.5 Å². The fourth-order valence-electron chi connectivity index (χ4n) is 1.64. The average Bonchev–Trinajstić information content (AvgIpc) is 2.47. The molecule has 0 atom stereocenters. The third kappa shape index (κ3) is 8.34. The van der Waals surface area contributed by atoms with Crippen LogP contribution >= 0.6 is 11.8 Å². The minimum Gasteiger partial charge on any atom is -0.461 e. The van der Waals surface area contributed by atoms with Crippen LogP contribution in [-0.2, 0) is 14.3 Å². The minimum absolute atomic E-state index is 0.00744. The summed E-state index contributed by atoms with van der Waals surface area (Å²) in [5.74, 6) is 0.0880. The third-order valence-electron chi connectivity index (χ3n) is 2.82. The van der Waals surface area contributed by atoms with Crippen molar-refractivity contribution in [3.8, 4) is 0 Å². The molecule has 0 aliphatic rings. The molecule has 24 heavy (non-hydrogen) atoms. The van der Waals surface area contributed by atoms with E-state index in [1.54, 1.807) is 6.08 Å². The van der Waals surface area contributed by atoms with E-state index in [9.17, 15) is 9.59 Å². The number of hydrogen-bond donors (Lipinski definition) is 0. The molecule has 1 aromatic rings. The van der Waals surface area contributed by atoms with E-state index >= 15 is 0 Å². The molecule has 0 fully saturated rings. The van der Waals surface area contributed by atoms with Gasteiger partial charge in [0.1, 0.15) is 5.57 Å². The first-order valence-corrected chi connectivity index (χ1v) is 9.07. The van der Waals surface area contributed by atoms with Crippen molar-refractivity contribution in [1.29, 1.82) is 0 Å². The lowest BCUT2D eigenvalue weighted by Crippen LogP contribution is -2.22. The van der Waals surface area contributed by atoms with Gasteiger partial charge < -0.3 is 4.74 Å². The summed E-state index contributed by atoms with van der Waals surface area (Å²) in [5, 5.41) is -0.243. The van der Waals surface area contributed by atoms with Crippen molar-refractivity contribution in [2.24, 2.45) is 10.8 Å². The van der Waals surface area contributed by atoms with Gasteiger partial charge in [-0.2, -0.15) is 0 Å². The molecule has 0 spiro atoms. The number of carbonyl (C=O) groups excluding carboxylic acids is 2. The van der Waals surface area contributed by atoms with Gasteiger partial charge in [0.05, 0.1) is 6.61 Å². The van der Waals surface area contributed by atoms with Crippen LogP contribution in [0.3, 0.4) is 0 Å². The second kappa shape index (κ2) is 8.52. The summed E-state index contributed by atoms with van der Waals surface area (Å²) in [6, 6.07) is 9.36. The first-order chi connectivity index (χ1) is 11.0. The lowest BCUT2D eigenvalue weighted by Gasteiger charge is -2.19. The summed E-state index contributed by atoms with van der Waals surface area (Å²) in [5.41, 5.74) is 0.771. The van der Waals surface area contributed by atoms with E-state index in [2.05, 4.69) is 20.8 Å². The summed E-state index contributed by atoms with van der Waals surface area (Å²) >= 11 is 1.16. The fraction of sp³-hybridized carbons (Fsp3) is 0.500. The largest absolute Gasteiger partial charge is 0.461 e. The molecule has 0 aliphatic carbocycles. The van der Waals surface area contributed by atoms with E-state index in [4.69, 9.17) is 4.74 Å². The van der Waals surface area contributed by atoms with Gasteiger partial charge in [-0.3, -0.25) is 4.79 Å². The van der Waals surface area contributed by atoms with E-state index in [1.165, 1.54) is 0 Å². The summed E-state index contributed by atoms with van der Waals surface area (Å²) in [6.07, 6.45) is 1.61. The van der Waals surface area contributed by atoms with Crippen LogP contribution in [0.4, 0.5) is 0 Å². The van der Waals surface area contributed by atoms with Crippen LogP contribution in [0.1, 0.15) is 47.1 Å². The quantitative estimate of drug-likeness (QED) is 0.326. The van der Waals surface area contributed by atoms with E-state index in [0.29, 0.717) is 5.75 Å². The van der Waals surface area contributed by atoms with Crippen LogP contribution in [0.5, 0.6) is 0 Å². The number of thioether (sulfide) groups is 1. The van der Waals surface area contributed by atoms with Crippen LogP contribution in [-0.4, -0.2) is 23.4 Å². The SMILES string of the molecule is CC(C)(C)COC(=O)/C(=C/c1ccccc1)C(=O)SCC(C)(C)C. The van der Waals surface area contributed by atoms with Crippen molar-refractivity contribution in [3.05, 3.63) is 41.5 Å². The molecule has 0 radical (unpaired) electrons. The number of carbonyl (C=O) groups is 2. The maximum Gasteiger partial charge on any atom is 0.342 e. The highest BCUT2D eigenvalue weighted by Gasteiger charge is 2.24. The van der Waals surface area contributed by atoms with Gasteiger partial charge in [0.25, 0.3) is 0 Å². The predicted molar refractivity (Wildman–Crippen MR) is 102 cm³/mol. The minimum atomic E-state index is -0.555. The lowest BCUT2D eigenvalue weighted by atomic mass is 9.99. The van der Waals surface area contributed by atoms with Crippen molar-refractivity contribution < 1.29 is 14.3 Å². The number of ether oxygens (including phenoxy) is 1. The Balaban J connectivity index is 2.97. The fourth-order valence-corrected chi connectivity index (χ4v) is 2.50. The molecule has 132 valence electrons. The molecule has 0 heterocycles. The zero-order valence-electron chi connectivity index (χ0n) is 15.5. The van der Waals surface area contributed by atoms with Crippen molar-refractivity contribution in [3.63, 3.8) is 0 Å². The molecule has 0 N–H and O–H groups in total. The molecule has 1 rings (SSSR count). The zero-order chi connectivity index (χ0) is 18.4. The Morgan fingerprint density at radius 3 is 2.08 bits per heavy atom. The number of benzene rings is 1. The molecule has 0 saturated carbocycles. The van der Waals surface area contributed by atoms with E-state index < -0.39 is 5.97 Å². The number of rotatable bonds is 5. The highest BCUT2D eigenvalue weighted by Crippen LogP contribution is 2.25. The molecule has 0 amide bonds. The molecule has 0 saturated heterocycles. The van der Waals surface area contributed by atoms with Crippen LogP contribution in [0, 0.1) is 10.8 Å². The maximum atomic E-state index is 12.6. The highest BCUT2D eigenvalue weighted by atomic mass is 32.2.